The second-order valence-electron chi connectivity index (χ2n) is 8.04. The normalized spacial score (nSPS) is 17.6. The molecule has 0 N–H and O–H groups in total. The Morgan fingerprint density at radius 1 is 1.10 bits per heavy atom. The van der Waals surface area contributed by atoms with Crippen molar-refractivity contribution in [1.82, 2.24) is 19.9 Å². The van der Waals surface area contributed by atoms with Crippen LogP contribution in [0.25, 0.3) is 11.4 Å². The highest BCUT2D eigenvalue weighted by Crippen LogP contribution is 2.41. The predicted molar refractivity (Wildman–Crippen MR) is 113 cm³/mol. The molecule has 0 aliphatic carbocycles. The number of fused-ring (bicyclic) bond motifs is 2. The number of rotatable bonds is 2. The minimum Gasteiger partial charge on any atom is -0.368 e. The Morgan fingerprint density at radius 3 is 2.67 bits per heavy atom. The van der Waals surface area contributed by atoms with Crippen LogP contribution in [0.3, 0.4) is 0 Å². The molecule has 1 saturated heterocycles. The number of hydrogen-bond acceptors (Lipinski definition) is 5. The summed E-state index contributed by atoms with van der Waals surface area (Å²) in [6.07, 6.45) is 5.91. The first-order valence-electron chi connectivity index (χ1n) is 10.4. The maximum atomic E-state index is 12.9. The van der Waals surface area contributed by atoms with Crippen LogP contribution in [0.5, 0.6) is 0 Å². The molecule has 0 saturated carbocycles. The van der Waals surface area contributed by atoms with Crippen molar-refractivity contribution in [2.24, 2.45) is 0 Å². The topological polar surface area (TPSA) is 68.2 Å². The van der Waals surface area contributed by atoms with Crippen molar-refractivity contribution in [3.63, 3.8) is 0 Å². The molecule has 3 aromatic rings. The Labute approximate surface area is 176 Å². The van der Waals surface area contributed by atoms with Gasteiger partial charge in [-0.1, -0.05) is 30.3 Å². The summed E-state index contributed by atoms with van der Waals surface area (Å²) in [6.45, 7) is 3.88. The van der Waals surface area contributed by atoms with Crippen molar-refractivity contribution in [3.8, 4) is 11.4 Å². The maximum absolute atomic E-state index is 12.9. The quantitative estimate of drug-likeness (QED) is 0.658. The van der Waals surface area contributed by atoms with Crippen LogP contribution in [0.1, 0.15) is 40.2 Å². The number of aryl methyl sites for hydroxylation is 1. The minimum absolute atomic E-state index is 0.0164. The first-order valence-corrected chi connectivity index (χ1v) is 10.4. The van der Waals surface area contributed by atoms with Gasteiger partial charge in [0.05, 0.1) is 12.3 Å². The number of nitrogens with zero attached hydrogens (tertiary/aromatic N) is 4. The Bertz CT molecular complexity index is 1080. The van der Waals surface area contributed by atoms with Crippen LogP contribution in [0.2, 0.25) is 0 Å². The highest BCUT2D eigenvalue weighted by molar-refractivity contribution is 5.92. The number of carbonyl (C=O) groups is 1. The van der Waals surface area contributed by atoms with Crippen LogP contribution in [-0.2, 0) is 16.8 Å². The minimum atomic E-state index is -0.448. The van der Waals surface area contributed by atoms with Gasteiger partial charge in [-0.25, -0.2) is 9.97 Å². The van der Waals surface area contributed by atoms with Gasteiger partial charge in [-0.2, -0.15) is 0 Å². The van der Waals surface area contributed by atoms with E-state index >= 15 is 0 Å². The van der Waals surface area contributed by atoms with E-state index in [0.29, 0.717) is 25.4 Å². The van der Waals surface area contributed by atoms with Crippen molar-refractivity contribution >= 4 is 5.91 Å². The molecule has 0 atom stereocenters. The molecule has 5 rings (SSSR count). The van der Waals surface area contributed by atoms with E-state index in [2.05, 4.69) is 9.97 Å². The molecule has 0 bridgehead atoms. The summed E-state index contributed by atoms with van der Waals surface area (Å²) >= 11 is 0. The summed E-state index contributed by atoms with van der Waals surface area (Å²) in [6, 6.07) is 13.8. The van der Waals surface area contributed by atoms with Crippen LogP contribution in [0.15, 0.2) is 54.9 Å². The summed E-state index contributed by atoms with van der Waals surface area (Å²) in [5, 5.41) is 0. The fraction of sp³-hybridized carbons (Fsp3) is 0.333. The zero-order chi connectivity index (χ0) is 20.6. The summed E-state index contributed by atoms with van der Waals surface area (Å²) in [7, 11) is 0. The number of piperidine rings is 1. The number of likely N-dealkylation sites (tertiary alicyclic amines) is 1. The Kier molecular flexibility index (Phi) is 4.79. The fourth-order valence-electron chi connectivity index (χ4n) is 4.40. The molecule has 1 aromatic carbocycles. The number of benzene rings is 1. The molecule has 2 aliphatic heterocycles. The first kappa shape index (κ1) is 18.9. The molecule has 4 heterocycles. The lowest BCUT2D eigenvalue weighted by atomic mass is 9.83. The third-order valence-corrected chi connectivity index (χ3v) is 6.07. The molecule has 2 aliphatic rings. The fourth-order valence-corrected chi connectivity index (χ4v) is 4.40. The predicted octanol–water partition coefficient (Wildman–Crippen LogP) is 3.55. The highest BCUT2D eigenvalue weighted by atomic mass is 16.5. The smallest absolute Gasteiger partial charge is 0.272 e. The van der Waals surface area contributed by atoms with Gasteiger partial charge >= 0.3 is 0 Å². The van der Waals surface area contributed by atoms with Crippen LogP contribution >= 0.6 is 0 Å². The van der Waals surface area contributed by atoms with Crippen LogP contribution in [0.4, 0.5) is 0 Å². The third kappa shape index (κ3) is 3.37. The second-order valence-corrected chi connectivity index (χ2v) is 8.04. The molecule has 2 aromatic heterocycles. The molecule has 1 fully saturated rings. The second kappa shape index (κ2) is 7.61. The number of amides is 1. The Hall–Kier alpha value is -3.12. The summed E-state index contributed by atoms with van der Waals surface area (Å²) in [4.78, 5) is 28.6. The lowest BCUT2D eigenvalue weighted by Gasteiger charge is -2.44. The zero-order valence-corrected chi connectivity index (χ0v) is 17.0. The molecule has 0 unspecified atom stereocenters. The van der Waals surface area contributed by atoms with Gasteiger partial charge in [-0.3, -0.25) is 9.78 Å². The van der Waals surface area contributed by atoms with E-state index in [4.69, 9.17) is 9.72 Å². The average Bonchev–Trinajstić information content (AvgIpc) is 2.80. The van der Waals surface area contributed by atoms with Crippen LogP contribution in [0, 0.1) is 6.92 Å². The number of aromatic nitrogens is 3. The molecular formula is C24H24N4O2. The third-order valence-electron chi connectivity index (χ3n) is 6.07. The van der Waals surface area contributed by atoms with Gasteiger partial charge in [0.1, 0.15) is 11.3 Å². The van der Waals surface area contributed by atoms with E-state index in [-0.39, 0.29) is 5.91 Å². The van der Waals surface area contributed by atoms with Crippen molar-refractivity contribution < 1.29 is 9.53 Å². The van der Waals surface area contributed by atoms with Crippen molar-refractivity contribution in [1.29, 1.82) is 0 Å². The maximum Gasteiger partial charge on any atom is 0.272 e. The molecule has 152 valence electrons. The van der Waals surface area contributed by atoms with Gasteiger partial charge in [0.2, 0.25) is 0 Å². The van der Waals surface area contributed by atoms with E-state index in [1.807, 2.05) is 60.5 Å². The first-order chi connectivity index (χ1) is 14.6. The number of pyridine rings is 1. The van der Waals surface area contributed by atoms with Gasteiger partial charge in [-0.15, -0.1) is 0 Å². The number of ether oxygens (including phenoxy) is 1. The van der Waals surface area contributed by atoms with E-state index in [1.165, 1.54) is 0 Å². The van der Waals surface area contributed by atoms with E-state index in [1.54, 1.807) is 6.20 Å². The Balaban J connectivity index is 1.40. The van der Waals surface area contributed by atoms with Gasteiger partial charge in [0.15, 0.2) is 5.82 Å². The van der Waals surface area contributed by atoms with E-state index < -0.39 is 5.60 Å². The molecular weight excluding hydrogens is 376 g/mol. The van der Waals surface area contributed by atoms with Gasteiger partial charge in [0.25, 0.3) is 5.91 Å². The summed E-state index contributed by atoms with van der Waals surface area (Å²) < 4.78 is 6.33. The van der Waals surface area contributed by atoms with Crippen molar-refractivity contribution in [3.05, 3.63) is 77.4 Å². The van der Waals surface area contributed by atoms with Crippen LogP contribution < -0.4 is 0 Å². The summed E-state index contributed by atoms with van der Waals surface area (Å²) in [5.74, 6) is 0.707. The van der Waals surface area contributed by atoms with E-state index in [9.17, 15) is 4.79 Å². The van der Waals surface area contributed by atoms with Crippen molar-refractivity contribution in [2.75, 3.05) is 19.7 Å². The molecule has 30 heavy (non-hydrogen) atoms. The number of hydrogen-bond donors (Lipinski definition) is 0. The molecule has 1 amide bonds. The van der Waals surface area contributed by atoms with Gasteiger partial charge in [0, 0.05) is 31.0 Å². The zero-order valence-electron chi connectivity index (χ0n) is 17.0. The average molecular weight is 400 g/mol. The largest absolute Gasteiger partial charge is 0.368 e. The molecule has 1 spiro atoms. The Morgan fingerprint density at radius 2 is 1.90 bits per heavy atom. The molecule has 0 radical (unpaired) electrons. The van der Waals surface area contributed by atoms with E-state index in [0.717, 1.165) is 47.5 Å². The van der Waals surface area contributed by atoms with Crippen LogP contribution in [-0.4, -0.2) is 45.5 Å². The monoisotopic (exact) mass is 400 g/mol. The molecule has 6 nitrogen and oxygen atoms in total. The number of carbonyl (C=O) groups excluding carboxylic acids is 1. The molecule has 6 heteroatoms. The SMILES string of the molecule is Cc1ccnc(C(=O)N2CCC3(CC2)OCCc2cnc(-c4ccccc4)nc23)c1. The van der Waals surface area contributed by atoms with Crippen molar-refractivity contribution in [2.45, 2.75) is 31.8 Å². The lowest BCUT2D eigenvalue weighted by molar-refractivity contribution is -0.0967. The van der Waals surface area contributed by atoms with Gasteiger partial charge in [-0.05, 0) is 49.4 Å². The van der Waals surface area contributed by atoms with Gasteiger partial charge < -0.3 is 9.64 Å². The lowest BCUT2D eigenvalue weighted by Crippen LogP contribution is -2.49. The standard InChI is InChI=1S/C24H24N4O2/c1-17-7-11-25-20(15-17)23(29)28-12-9-24(10-13-28)21-19(8-14-30-24)16-26-22(27-21)18-5-3-2-4-6-18/h2-7,11,15-16H,8-10,12-14H2,1H3. The highest BCUT2D eigenvalue weighted by Gasteiger charge is 2.43. The summed E-state index contributed by atoms with van der Waals surface area (Å²) in [5.41, 5.74) is 4.24.